The van der Waals surface area contributed by atoms with Gasteiger partial charge in [-0.3, -0.25) is 4.79 Å². The summed E-state index contributed by atoms with van der Waals surface area (Å²) in [5.74, 6) is 0.617. The predicted octanol–water partition coefficient (Wildman–Crippen LogP) is 1.75. The van der Waals surface area contributed by atoms with Crippen LogP contribution in [-0.2, 0) is 4.74 Å². The molecule has 136 valence electrons. The molecule has 0 bridgehead atoms. The second kappa shape index (κ2) is 8.13. The molecule has 2 fully saturated rings. The largest absolute Gasteiger partial charge is 0.450 e. The van der Waals surface area contributed by atoms with Gasteiger partial charge in [-0.1, -0.05) is 0 Å². The van der Waals surface area contributed by atoms with Crippen LogP contribution in [0.4, 0.5) is 10.6 Å². The number of nitrogens with zero attached hydrogens (tertiary/aromatic N) is 4. The summed E-state index contributed by atoms with van der Waals surface area (Å²) >= 11 is 0. The van der Waals surface area contributed by atoms with Crippen LogP contribution < -0.4 is 5.32 Å². The number of carbonyl (C=O) groups excluding carboxylic acids is 2. The zero-order valence-electron chi connectivity index (χ0n) is 14.6. The quantitative estimate of drug-likeness (QED) is 0.893. The van der Waals surface area contributed by atoms with Gasteiger partial charge >= 0.3 is 6.09 Å². The second-order valence-electron chi connectivity index (χ2n) is 6.41. The summed E-state index contributed by atoms with van der Waals surface area (Å²) in [6.45, 7) is 5.14. The summed E-state index contributed by atoms with van der Waals surface area (Å²) in [6, 6.07) is 3.76. The number of hydrogen-bond donors (Lipinski definition) is 1. The monoisotopic (exact) mass is 347 g/mol. The van der Waals surface area contributed by atoms with Crippen molar-refractivity contribution in [3.63, 3.8) is 0 Å². The molecule has 0 spiro atoms. The van der Waals surface area contributed by atoms with E-state index in [1.807, 2.05) is 11.8 Å². The van der Waals surface area contributed by atoms with E-state index in [1.54, 1.807) is 17.0 Å². The van der Waals surface area contributed by atoms with Gasteiger partial charge in [-0.25, -0.2) is 4.79 Å². The third kappa shape index (κ3) is 4.37. The average molecular weight is 347 g/mol. The van der Waals surface area contributed by atoms with Crippen molar-refractivity contribution in [1.82, 2.24) is 20.0 Å². The molecule has 1 N–H and O–H groups in total. The highest BCUT2D eigenvalue weighted by Gasteiger charge is 2.24. The standard InChI is InChI=1S/C17H25N5O3/c1-2-25-17(24)22-11-7-13(8-12-22)18-15-6-5-14(19-20-15)16(23)21-9-3-4-10-21/h5-6,13H,2-4,7-12H2,1H3,(H,18,20). The zero-order chi connectivity index (χ0) is 17.6. The van der Waals surface area contributed by atoms with Gasteiger partial charge in [-0.05, 0) is 44.7 Å². The zero-order valence-corrected chi connectivity index (χ0v) is 14.6. The fraction of sp³-hybridized carbons (Fsp3) is 0.647. The number of ether oxygens (including phenoxy) is 1. The fourth-order valence-corrected chi connectivity index (χ4v) is 3.24. The first kappa shape index (κ1) is 17.4. The number of anilines is 1. The Morgan fingerprint density at radius 1 is 1.12 bits per heavy atom. The normalized spacial score (nSPS) is 18.3. The molecule has 0 saturated carbocycles. The highest BCUT2D eigenvalue weighted by molar-refractivity contribution is 5.92. The minimum Gasteiger partial charge on any atom is -0.450 e. The Morgan fingerprint density at radius 3 is 2.44 bits per heavy atom. The van der Waals surface area contributed by atoms with Crippen LogP contribution in [0, 0.1) is 0 Å². The molecule has 2 aliphatic heterocycles. The third-order valence-corrected chi connectivity index (χ3v) is 4.65. The molecule has 0 unspecified atom stereocenters. The first-order valence-electron chi connectivity index (χ1n) is 8.98. The van der Waals surface area contributed by atoms with Gasteiger partial charge in [0.05, 0.1) is 6.61 Å². The van der Waals surface area contributed by atoms with E-state index >= 15 is 0 Å². The topological polar surface area (TPSA) is 87.7 Å². The molecule has 2 aliphatic rings. The van der Waals surface area contributed by atoms with E-state index in [0.29, 0.717) is 31.2 Å². The molecule has 1 aromatic rings. The summed E-state index contributed by atoms with van der Waals surface area (Å²) in [4.78, 5) is 27.5. The maximum atomic E-state index is 12.3. The molecule has 3 heterocycles. The van der Waals surface area contributed by atoms with Gasteiger partial charge in [-0.15, -0.1) is 10.2 Å². The lowest BCUT2D eigenvalue weighted by atomic mass is 10.1. The van der Waals surface area contributed by atoms with Gasteiger partial charge in [0.15, 0.2) is 5.69 Å². The fourth-order valence-electron chi connectivity index (χ4n) is 3.24. The SMILES string of the molecule is CCOC(=O)N1CCC(Nc2ccc(C(=O)N3CCCC3)nn2)CC1. The molecule has 1 aromatic heterocycles. The third-order valence-electron chi connectivity index (χ3n) is 4.65. The Kier molecular flexibility index (Phi) is 5.67. The van der Waals surface area contributed by atoms with Crippen LogP contribution >= 0.6 is 0 Å². The van der Waals surface area contributed by atoms with Gasteiger partial charge in [0.25, 0.3) is 5.91 Å². The highest BCUT2D eigenvalue weighted by Crippen LogP contribution is 2.16. The smallest absolute Gasteiger partial charge is 0.409 e. The average Bonchev–Trinajstić information content (AvgIpc) is 3.17. The van der Waals surface area contributed by atoms with Crippen molar-refractivity contribution in [2.45, 2.75) is 38.6 Å². The van der Waals surface area contributed by atoms with Crippen LogP contribution in [0.5, 0.6) is 0 Å². The molecular formula is C17H25N5O3. The van der Waals surface area contributed by atoms with E-state index in [0.717, 1.165) is 38.8 Å². The molecule has 3 rings (SSSR count). The summed E-state index contributed by atoms with van der Waals surface area (Å²) in [5, 5.41) is 11.5. The van der Waals surface area contributed by atoms with E-state index in [9.17, 15) is 9.59 Å². The number of amides is 2. The number of nitrogens with one attached hydrogen (secondary N) is 1. The van der Waals surface area contributed by atoms with Crippen molar-refractivity contribution >= 4 is 17.8 Å². The van der Waals surface area contributed by atoms with E-state index in [-0.39, 0.29) is 18.0 Å². The van der Waals surface area contributed by atoms with Crippen molar-refractivity contribution in [2.24, 2.45) is 0 Å². The van der Waals surface area contributed by atoms with Crippen LogP contribution in [-0.4, -0.2) is 70.8 Å². The van der Waals surface area contributed by atoms with Gasteiger partial charge in [0.2, 0.25) is 0 Å². The van der Waals surface area contributed by atoms with E-state index in [2.05, 4.69) is 15.5 Å². The van der Waals surface area contributed by atoms with Crippen LogP contribution in [0.15, 0.2) is 12.1 Å². The maximum absolute atomic E-state index is 12.3. The molecule has 0 aromatic carbocycles. The number of likely N-dealkylation sites (tertiary alicyclic amines) is 2. The van der Waals surface area contributed by atoms with Gasteiger partial charge in [0, 0.05) is 32.2 Å². The van der Waals surface area contributed by atoms with Crippen molar-refractivity contribution in [2.75, 3.05) is 38.1 Å². The Bertz CT molecular complexity index is 593. The summed E-state index contributed by atoms with van der Waals surface area (Å²) in [5.41, 5.74) is 0.393. The van der Waals surface area contributed by atoms with E-state index < -0.39 is 0 Å². The maximum Gasteiger partial charge on any atom is 0.409 e. The Morgan fingerprint density at radius 2 is 1.84 bits per heavy atom. The minimum atomic E-state index is -0.245. The lowest BCUT2D eigenvalue weighted by Gasteiger charge is -2.31. The molecule has 0 aliphatic carbocycles. The summed E-state index contributed by atoms with van der Waals surface area (Å²) in [6.07, 6.45) is 3.53. The molecule has 2 amide bonds. The Balaban J connectivity index is 1.49. The van der Waals surface area contributed by atoms with Crippen LogP contribution in [0.2, 0.25) is 0 Å². The summed E-state index contributed by atoms with van der Waals surface area (Å²) in [7, 11) is 0. The lowest BCUT2D eigenvalue weighted by Crippen LogP contribution is -2.42. The minimum absolute atomic E-state index is 0.0423. The van der Waals surface area contributed by atoms with E-state index in [1.165, 1.54) is 0 Å². The van der Waals surface area contributed by atoms with Crippen molar-refractivity contribution in [3.8, 4) is 0 Å². The number of carbonyl (C=O) groups is 2. The van der Waals surface area contributed by atoms with Crippen LogP contribution in [0.25, 0.3) is 0 Å². The number of hydrogen-bond acceptors (Lipinski definition) is 6. The first-order chi connectivity index (χ1) is 12.2. The molecule has 8 nitrogen and oxygen atoms in total. The van der Waals surface area contributed by atoms with Crippen molar-refractivity contribution < 1.29 is 14.3 Å². The van der Waals surface area contributed by atoms with Crippen LogP contribution in [0.3, 0.4) is 0 Å². The van der Waals surface area contributed by atoms with Gasteiger partial charge in [0.1, 0.15) is 5.82 Å². The molecule has 2 saturated heterocycles. The lowest BCUT2D eigenvalue weighted by molar-refractivity contribution is 0.0785. The summed E-state index contributed by atoms with van der Waals surface area (Å²) < 4.78 is 5.02. The number of aromatic nitrogens is 2. The van der Waals surface area contributed by atoms with Crippen molar-refractivity contribution in [1.29, 1.82) is 0 Å². The van der Waals surface area contributed by atoms with Gasteiger partial charge < -0.3 is 19.9 Å². The molecule has 8 heteroatoms. The second-order valence-corrected chi connectivity index (χ2v) is 6.41. The first-order valence-corrected chi connectivity index (χ1v) is 8.98. The molecule has 0 radical (unpaired) electrons. The Labute approximate surface area is 147 Å². The Hall–Kier alpha value is -2.38. The highest BCUT2D eigenvalue weighted by atomic mass is 16.6. The molecule has 0 atom stereocenters. The molecule has 25 heavy (non-hydrogen) atoms. The van der Waals surface area contributed by atoms with Crippen molar-refractivity contribution in [3.05, 3.63) is 17.8 Å². The van der Waals surface area contributed by atoms with E-state index in [4.69, 9.17) is 4.74 Å². The number of rotatable bonds is 4. The van der Waals surface area contributed by atoms with Gasteiger partial charge in [-0.2, -0.15) is 0 Å². The molecular weight excluding hydrogens is 322 g/mol. The predicted molar refractivity (Wildman–Crippen MR) is 92.4 cm³/mol. The van der Waals surface area contributed by atoms with Crippen LogP contribution in [0.1, 0.15) is 43.1 Å². The number of piperidine rings is 1.